The molecule has 0 atom stereocenters. The van der Waals surface area contributed by atoms with Crippen LogP contribution in [-0.4, -0.2) is 20.0 Å². The molecule has 220 valence electrons. The van der Waals surface area contributed by atoms with Gasteiger partial charge in [0.2, 0.25) is 0 Å². The van der Waals surface area contributed by atoms with E-state index in [4.69, 9.17) is 9.47 Å². The van der Waals surface area contributed by atoms with E-state index in [1.165, 1.54) is 24.3 Å². The van der Waals surface area contributed by atoms with Crippen LogP contribution in [0.1, 0.15) is 83.4 Å². The van der Waals surface area contributed by atoms with Crippen LogP contribution in [-0.2, 0) is 41.1 Å². The van der Waals surface area contributed by atoms with Gasteiger partial charge in [0, 0.05) is 6.42 Å². The van der Waals surface area contributed by atoms with Crippen LogP contribution in [0.15, 0.2) is 83.8 Å². The molecule has 0 aromatic heterocycles. The van der Waals surface area contributed by atoms with E-state index < -0.39 is 31.6 Å². The molecule has 7 heteroatoms. The van der Waals surface area contributed by atoms with Crippen LogP contribution in [0.4, 0.5) is 4.39 Å². The van der Waals surface area contributed by atoms with Gasteiger partial charge >= 0.3 is 5.97 Å². The predicted molar refractivity (Wildman–Crippen MR) is 158 cm³/mol. The highest BCUT2D eigenvalue weighted by Crippen LogP contribution is 2.49. The van der Waals surface area contributed by atoms with Gasteiger partial charge in [0.05, 0.1) is 17.1 Å². The van der Waals surface area contributed by atoms with Gasteiger partial charge in [-0.15, -0.1) is 0 Å². The Morgan fingerprint density at radius 1 is 0.878 bits per heavy atom. The number of esters is 1. The summed E-state index contributed by atoms with van der Waals surface area (Å²) in [5, 5.41) is 0. The molecule has 5 nitrogen and oxygen atoms in total. The number of carbonyl (C=O) groups is 1. The number of hydrogen-bond acceptors (Lipinski definition) is 5. The molecular formula is C34H41FO5S. The van der Waals surface area contributed by atoms with Crippen LogP contribution < -0.4 is 0 Å². The zero-order valence-electron chi connectivity index (χ0n) is 24.7. The van der Waals surface area contributed by atoms with Crippen molar-refractivity contribution in [3.63, 3.8) is 0 Å². The molecule has 0 N–H and O–H groups in total. The van der Waals surface area contributed by atoms with E-state index >= 15 is 0 Å². The summed E-state index contributed by atoms with van der Waals surface area (Å²) in [4.78, 5) is 12.6. The van der Waals surface area contributed by atoms with Crippen molar-refractivity contribution in [2.45, 2.75) is 94.2 Å². The highest BCUT2D eigenvalue weighted by molar-refractivity contribution is 7.92. The van der Waals surface area contributed by atoms with Crippen LogP contribution in [0.25, 0.3) is 0 Å². The predicted octanol–water partition coefficient (Wildman–Crippen LogP) is 7.87. The first-order valence-corrected chi connectivity index (χ1v) is 15.7. The molecular weight excluding hydrogens is 539 g/mol. The van der Waals surface area contributed by atoms with Gasteiger partial charge in [-0.1, -0.05) is 54.6 Å². The molecule has 3 aromatic carbocycles. The van der Waals surface area contributed by atoms with E-state index in [0.717, 1.165) is 11.1 Å². The second kappa shape index (κ2) is 12.1. The summed E-state index contributed by atoms with van der Waals surface area (Å²) in [5.41, 5.74) is 1.54. The Hall–Kier alpha value is -3.03. The van der Waals surface area contributed by atoms with Gasteiger partial charge < -0.3 is 9.47 Å². The standard InChI is InChI=1S/C34H41FO5S/c1-32(2,3)40-31(36)23-25-19-21-34(22-20-25,41(37,38)30-17-15-29(35)16-18-30)28-13-11-27(12-14-28)33(4,5)39-24-26-9-7-6-8-10-26/h6-18,25H,19-24H2,1-5H3. The van der Waals surface area contributed by atoms with E-state index in [0.29, 0.717) is 37.9 Å². The number of sulfone groups is 1. The van der Waals surface area contributed by atoms with Crippen LogP contribution >= 0.6 is 0 Å². The minimum Gasteiger partial charge on any atom is -0.460 e. The fourth-order valence-corrected chi connectivity index (χ4v) is 7.78. The second-order valence-corrected chi connectivity index (χ2v) is 14.8. The average molecular weight is 581 g/mol. The van der Waals surface area contributed by atoms with Crippen LogP contribution in [0, 0.1) is 11.7 Å². The van der Waals surface area contributed by atoms with Gasteiger partial charge in [-0.05, 0) is 107 Å². The molecule has 3 aromatic rings. The first-order chi connectivity index (χ1) is 19.2. The topological polar surface area (TPSA) is 69.7 Å². The summed E-state index contributed by atoms with van der Waals surface area (Å²) in [6, 6.07) is 22.7. The van der Waals surface area contributed by atoms with Crippen molar-refractivity contribution in [3.05, 3.63) is 101 Å². The fraction of sp³-hybridized carbons (Fsp3) is 0.441. The van der Waals surface area contributed by atoms with Crippen LogP contribution in [0.5, 0.6) is 0 Å². The maximum Gasteiger partial charge on any atom is 0.306 e. The van der Waals surface area contributed by atoms with Crippen molar-refractivity contribution in [1.82, 2.24) is 0 Å². The van der Waals surface area contributed by atoms with E-state index in [-0.39, 0.29) is 23.2 Å². The quantitative estimate of drug-likeness (QED) is 0.190. The van der Waals surface area contributed by atoms with Crippen molar-refractivity contribution < 1.29 is 27.1 Å². The summed E-state index contributed by atoms with van der Waals surface area (Å²) in [5.74, 6) is -0.717. The Morgan fingerprint density at radius 2 is 1.46 bits per heavy atom. The van der Waals surface area contributed by atoms with E-state index in [9.17, 15) is 17.6 Å². The zero-order valence-corrected chi connectivity index (χ0v) is 25.5. The monoisotopic (exact) mass is 580 g/mol. The van der Waals surface area contributed by atoms with Crippen molar-refractivity contribution in [1.29, 1.82) is 0 Å². The maximum atomic E-state index is 14.2. The SMILES string of the molecule is CC(C)(C)OC(=O)CC1CCC(c2ccc(C(C)(C)OCc3ccccc3)cc2)(S(=O)(=O)c2ccc(F)cc2)CC1. The van der Waals surface area contributed by atoms with E-state index in [2.05, 4.69) is 0 Å². The molecule has 0 saturated heterocycles. The summed E-state index contributed by atoms with van der Waals surface area (Å²) in [7, 11) is -3.88. The molecule has 0 spiro atoms. The van der Waals surface area contributed by atoms with Gasteiger partial charge in [0.15, 0.2) is 9.84 Å². The third-order valence-corrected chi connectivity index (χ3v) is 10.5. The lowest BCUT2D eigenvalue weighted by Crippen LogP contribution is -2.40. The van der Waals surface area contributed by atoms with Gasteiger partial charge in [0.1, 0.15) is 16.2 Å². The van der Waals surface area contributed by atoms with Crippen LogP contribution in [0.3, 0.4) is 0 Å². The second-order valence-electron chi connectivity index (χ2n) is 12.5. The number of carbonyl (C=O) groups excluding carboxylic acids is 1. The number of rotatable bonds is 9. The van der Waals surface area contributed by atoms with Crippen molar-refractivity contribution >= 4 is 15.8 Å². The molecule has 4 rings (SSSR count). The molecule has 1 aliphatic rings. The normalized spacial score (nSPS) is 20.0. The first kappa shape index (κ1) is 30.9. The van der Waals surface area contributed by atoms with Gasteiger partial charge in [-0.25, -0.2) is 12.8 Å². The minimum atomic E-state index is -3.88. The molecule has 41 heavy (non-hydrogen) atoms. The lowest BCUT2D eigenvalue weighted by atomic mass is 9.76. The molecule has 0 unspecified atom stereocenters. The molecule has 0 aliphatic heterocycles. The van der Waals surface area contributed by atoms with Gasteiger partial charge in [0.25, 0.3) is 0 Å². The summed E-state index contributed by atoms with van der Waals surface area (Å²) in [6.07, 6.45) is 2.09. The molecule has 0 amide bonds. The molecule has 1 fully saturated rings. The number of ether oxygens (including phenoxy) is 2. The number of halogens is 1. The summed E-state index contributed by atoms with van der Waals surface area (Å²) < 4.78 is 52.8. The Labute approximate surface area is 244 Å². The third kappa shape index (κ3) is 7.25. The number of hydrogen-bond donors (Lipinski definition) is 0. The Kier molecular flexibility index (Phi) is 9.10. The molecule has 0 heterocycles. The first-order valence-electron chi connectivity index (χ1n) is 14.2. The van der Waals surface area contributed by atoms with Crippen molar-refractivity contribution in [2.24, 2.45) is 5.92 Å². The van der Waals surface area contributed by atoms with Crippen molar-refractivity contribution in [3.8, 4) is 0 Å². The highest BCUT2D eigenvalue weighted by atomic mass is 32.2. The lowest BCUT2D eigenvalue weighted by molar-refractivity contribution is -0.156. The highest BCUT2D eigenvalue weighted by Gasteiger charge is 2.48. The molecule has 0 bridgehead atoms. The Balaban J connectivity index is 1.60. The van der Waals surface area contributed by atoms with E-state index in [1.54, 1.807) is 0 Å². The lowest BCUT2D eigenvalue weighted by Gasteiger charge is -2.40. The maximum absolute atomic E-state index is 14.2. The van der Waals surface area contributed by atoms with Gasteiger partial charge in [-0.3, -0.25) is 4.79 Å². The third-order valence-electron chi connectivity index (χ3n) is 7.98. The zero-order chi connectivity index (χ0) is 29.9. The summed E-state index contributed by atoms with van der Waals surface area (Å²) in [6.45, 7) is 9.96. The van der Waals surface area contributed by atoms with Crippen LogP contribution in [0.2, 0.25) is 0 Å². The Morgan fingerprint density at radius 3 is 2.02 bits per heavy atom. The average Bonchev–Trinajstić information content (AvgIpc) is 2.92. The van der Waals surface area contributed by atoms with E-state index in [1.807, 2.05) is 89.2 Å². The Bertz CT molecular complexity index is 1420. The van der Waals surface area contributed by atoms with Crippen molar-refractivity contribution in [2.75, 3.05) is 0 Å². The largest absolute Gasteiger partial charge is 0.460 e. The molecule has 0 radical (unpaired) electrons. The minimum absolute atomic E-state index is 0.0333. The summed E-state index contributed by atoms with van der Waals surface area (Å²) >= 11 is 0. The fourth-order valence-electron chi connectivity index (χ4n) is 5.62. The molecule has 1 saturated carbocycles. The smallest absolute Gasteiger partial charge is 0.306 e. The molecule has 1 aliphatic carbocycles. The van der Waals surface area contributed by atoms with Gasteiger partial charge in [-0.2, -0.15) is 0 Å². The number of benzene rings is 3.